The Morgan fingerprint density at radius 1 is 1.47 bits per heavy atom. The normalized spacial score (nSPS) is 14.5. The molecule has 0 saturated carbocycles. The van der Waals surface area contributed by atoms with E-state index in [0.717, 1.165) is 11.3 Å². The number of allylic oxidation sites excluding steroid dienone is 1. The molecule has 5 heteroatoms. The van der Waals surface area contributed by atoms with Crippen molar-refractivity contribution in [2.75, 3.05) is 5.01 Å². The average molecular weight is 221 g/mol. The average Bonchev–Trinajstić information content (AvgIpc) is 2.66. The molecule has 2 N–H and O–H groups in total. The first-order chi connectivity index (χ1) is 7.20. The van der Waals surface area contributed by atoms with E-state index in [2.05, 4.69) is 11.0 Å². The van der Waals surface area contributed by atoms with Gasteiger partial charge >= 0.3 is 0 Å². The van der Waals surface area contributed by atoms with Gasteiger partial charge in [-0.1, -0.05) is 11.6 Å². The SMILES string of the molecule is Cc1cc(Cl)ccc1N1C=C(C#N)NN1. The van der Waals surface area contributed by atoms with Gasteiger partial charge in [-0.15, -0.1) is 5.53 Å². The molecule has 1 aromatic rings. The van der Waals surface area contributed by atoms with Crippen LogP contribution in [0.1, 0.15) is 5.56 Å². The maximum absolute atomic E-state index is 8.68. The summed E-state index contributed by atoms with van der Waals surface area (Å²) in [6, 6.07) is 7.59. The maximum atomic E-state index is 8.68. The molecule has 0 unspecified atom stereocenters. The lowest BCUT2D eigenvalue weighted by Crippen LogP contribution is -2.36. The predicted molar refractivity (Wildman–Crippen MR) is 58.6 cm³/mol. The number of halogens is 1. The summed E-state index contributed by atoms with van der Waals surface area (Å²) < 4.78 is 0. The van der Waals surface area contributed by atoms with Crippen LogP contribution in [0.15, 0.2) is 30.1 Å². The molecule has 0 aliphatic carbocycles. The topological polar surface area (TPSA) is 51.1 Å². The van der Waals surface area contributed by atoms with E-state index in [0.29, 0.717) is 10.7 Å². The first-order valence-electron chi connectivity index (χ1n) is 4.39. The lowest BCUT2D eigenvalue weighted by molar-refractivity contribution is 0.667. The van der Waals surface area contributed by atoms with Crippen molar-refractivity contribution >= 4 is 17.3 Å². The van der Waals surface area contributed by atoms with Crippen molar-refractivity contribution in [1.82, 2.24) is 11.0 Å². The Morgan fingerprint density at radius 3 is 2.87 bits per heavy atom. The number of hydrazine groups is 2. The summed E-state index contributed by atoms with van der Waals surface area (Å²) in [5.74, 6) is 0. The van der Waals surface area contributed by atoms with Gasteiger partial charge in [0.1, 0.15) is 11.8 Å². The van der Waals surface area contributed by atoms with Crippen LogP contribution in [0, 0.1) is 18.3 Å². The highest BCUT2D eigenvalue weighted by atomic mass is 35.5. The number of hydrogen-bond donors (Lipinski definition) is 2. The monoisotopic (exact) mass is 220 g/mol. The Morgan fingerprint density at radius 2 is 2.27 bits per heavy atom. The van der Waals surface area contributed by atoms with E-state index in [9.17, 15) is 0 Å². The molecule has 0 saturated heterocycles. The Labute approximate surface area is 92.7 Å². The number of anilines is 1. The highest BCUT2D eigenvalue weighted by molar-refractivity contribution is 6.30. The third-order valence-corrected chi connectivity index (χ3v) is 2.34. The van der Waals surface area contributed by atoms with E-state index < -0.39 is 0 Å². The number of benzene rings is 1. The molecular weight excluding hydrogens is 212 g/mol. The van der Waals surface area contributed by atoms with Crippen LogP contribution in [-0.2, 0) is 0 Å². The smallest absolute Gasteiger partial charge is 0.147 e. The lowest BCUT2D eigenvalue weighted by atomic mass is 10.2. The predicted octanol–water partition coefficient (Wildman–Crippen LogP) is 1.84. The number of aryl methyl sites for hydroxylation is 1. The Balaban J connectivity index is 2.32. The summed E-state index contributed by atoms with van der Waals surface area (Å²) in [5, 5.41) is 11.1. The molecule has 1 aromatic carbocycles. The molecule has 4 nitrogen and oxygen atoms in total. The van der Waals surface area contributed by atoms with Gasteiger partial charge in [-0.05, 0) is 30.7 Å². The lowest BCUT2D eigenvalue weighted by Gasteiger charge is -2.17. The number of nitrogens with zero attached hydrogens (tertiary/aromatic N) is 2. The number of rotatable bonds is 1. The van der Waals surface area contributed by atoms with Crippen molar-refractivity contribution < 1.29 is 0 Å². The van der Waals surface area contributed by atoms with Gasteiger partial charge in [0, 0.05) is 5.02 Å². The minimum Gasteiger partial charge on any atom is -0.293 e. The first-order valence-corrected chi connectivity index (χ1v) is 4.77. The van der Waals surface area contributed by atoms with Crippen LogP contribution < -0.4 is 16.0 Å². The van der Waals surface area contributed by atoms with Gasteiger partial charge in [0.2, 0.25) is 0 Å². The van der Waals surface area contributed by atoms with Crippen LogP contribution in [0.25, 0.3) is 0 Å². The van der Waals surface area contributed by atoms with Crippen molar-refractivity contribution in [2.24, 2.45) is 0 Å². The second kappa shape index (κ2) is 3.81. The Bertz CT molecular complexity index is 461. The third-order valence-electron chi connectivity index (χ3n) is 2.11. The van der Waals surface area contributed by atoms with Gasteiger partial charge in [0.15, 0.2) is 0 Å². The first kappa shape index (κ1) is 9.84. The van der Waals surface area contributed by atoms with Gasteiger partial charge < -0.3 is 0 Å². The molecule has 0 atom stereocenters. The summed E-state index contributed by atoms with van der Waals surface area (Å²) in [4.78, 5) is 0. The summed E-state index contributed by atoms with van der Waals surface area (Å²) >= 11 is 5.86. The van der Waals surface area contributed by atoms with Gasteiger partial charge in [-0.2, -0.15) is 5.26 Å². The van der Waals surface area contributed by atoms with E-state index in [4.69, 9.17) is 16.9 Å². The second-order valence-corrected chi connectivity index (χ2v) is 3.63. The summed E-state index contributed by atoms with van der Waals surface area (Å²) in [6.45, 7) is 1.96. The molecule has 1 aliphatic heterocycles. The highest BCUT2D eigenvalue weighted by Gasteiger charge is 2.13. The van der Waals surface area contributed by atoms with Gasteiger partial charge in [-0.25, -0.2) is 0 Å². The fourth-order valence-electron chi connectivity index (χ4n) is 1.39. The molecular formula is C10H9ClN4. The van der Waals surface area contributed by atoms with Crippen molar-refractivity contribution in [3.05, 3.63) is 40.7 Å². The molecule has 1 heterocycles. The van der Waals surface area contributed by atoms with Crippen LogP contribution in [0.5, 0.6) is 0 Å². The van der Waals surface area contributed by atoms with Crippen molar-refractivity contribution in [1.29, 1.82) is 5.26 Å². The van der Waals surface area contributed by atoms with Crippen LogP contribution in [-0.4, -0.2) is 0 Å². The largest absolute Gasteiger partial charge is 0.293 e. The summed E-state index contributed by atoms with van der Waals surface area (Å²) in [5.41, 5.74) is 8.07. The summed E-state index contributed by atoms with van der Waals surface area (Å²) in [7, 11) is 0. The number of hydrogen-bond acceptors (Lipinski definition) is 4. The molecule has 0 aromatic heterocycles. The zero-order valence-corrected chi connectivity index (χ0v) is 8.84. The highest BCUT2D eigenvalue weighted by Crippen LogP contribution is 2.23. The molecule has 76 valence electrons. The number of nitriles is 1. The molecule has 0 radical (unpaired) electrons. The van der Waals surface area contributed by atoms with E-state index in [1.807, 2.05) is 31.2 Å². The number of nitrogens with one attached hydrogen (secondary N) is 2. The van der Waals surface area contributed by atoms with Crippen LogP contribution >= 0.6 is 11.6 Å². The van der Waals surface area contributed by atoms with Gasteiger partial charge in [0.25, 0.3) is 0 Å². The van der Waals surface area contributed by atoms with Crippen LogP contribution in [0.3, 0.4) is 0 Å². The minimum atomic E-state index is 0.476. The Kier molecular flexibility index (Phi) is 2.50. The minimum absolute atomic E-state index is 0.476. The van der Waals surface area contributed by atoms with Gasteiger partial charge in [-0.3, -0.25) is 10.4 Å². The quantitative estimate of drug-likeness (QED) is 0.759. The van der Waals surface area contributed by atoms with E-state index in [1.54, 1.807) is 11.2 Å². The van der Waals surface area contributed by atoms with Crippen molar-refractivity contribution in [3.63, 3.8) is 0 Å². The molecule has 2 rings (SSSR count). The molecule has 1 aliphatic rings. The van der Waals surface area contributed by atoms with Crippen molar-refractivity contribution in [3.8, 4) is 6.07 Å². The summed E-state index contributed by atoms with van der Waals surface area (Å²) in [6.07, 6.45) is 1.69. The maximum Gasteiger partial charge on any atom is 0.147 e. The second-order valence-electron chi connectivity index (χ2n) is 3.19. The Hall–Kier alpha value is -1.70. The molecule has 0 fully saturated rings. The fraction of sp³-hybridized carbons (Fsp3) is 0.100. The van der Waals surface area contributed by atoms with Crippen molar-refractivity contribution in [2.45, 2.75) is 6.92 Å². The molecule has 0 spiro atoms. The van der Waals surface area contributed by atoms with Crippen LogP contribution in [0.4, 0.5) is 5.69 Å². The standard InChI is InChI=1S/C10H9ClN4/c1-7-4-8(11)2-3-10(7)15-6-9(5-12)13-14-15/h2-4,6,13-14H,1H3. The fourth-order valence-corrected chi connectivity index (χ4v) is 1.62. The zero-order valence-electron chi connectivity index (χ0n) is 8.08. The van der Waals surface area contributed by atoms with Crippen LogP contribution in [0.2, 0.25) is 5.02 Å². The van der Waals surface area contributed by atoms with E-state index >= 15 is 0 Å². The van der Waals surface area contributed by atoms with Gasteiger partial charge in [0.05, 0.1) is 11.9 Å². The molecule has 15 heavy (non-hydrogen) atoms. The molecule has 0 amide bonds. The third kappa shape index (κ3) is 1.89. The van der Waals surface area contributed by atoms with E-state index in [1.165, 1.54) is 0 Å². The molecule has 0 bridgehead atoms. The van der Waals surface area contributed by atoms with E-state index in [-0.39, 0.29) is 0 Å². The zero-order chi connectivity index (χ0) is 10.8.